The molecule has 0 fully saturated rings. The molecule has 9 heteroatoms. The topological polar surface area (TPSA) is 59.8 Å². The first-order valence-corrected chi connectivity index (χ1v) is 11.3. The third kappa shape index (κ3) is 5.15. The van der Waals surface area contributed by atoms with E-state index in [4.69, 9.17) is 11.6 Å². The van der Waals surface area contributed by atoms with E-state index in [1.165, 1.54) is 23.9 Å². The lowest BCUT2D eigenvalue weighted by Gasteiger charge is -2.11. The van der Waals surface area contributed by atoms with Crippen molar-refractivity contribution in [2.45, 2.75) is 5.16 Å². The zero-order valence-corrected chi connectivity index (χ0v) is 19.1. The number of aromatic nitrogens is 3. The molecule has 0 unspecified atom stereocenters. The molecule has 0 radical (unpaired) electrons. The molecule has 0 bridgehead atoms. The lowest BCUT2D eigenvalue weighted by Crippen LogP contribution is -2.15. The number of carbonyl (C=O) groups excluding carboxylic acids is 1. The Morgan fingerprint density at radius 3 is 2.52 bits per heavy atom. The minimum Gasteiger partial charge on any atom is -0.323 e. The molecule has 1 amide bonds. The quantitative estimate of drug-likeness (QED) is 0.309. The van der Waals surface area contributed by atoms with Gasteiger partial charge in [0, 0.05) is 20.7 Å². The largest absolute Gasteiger partial charge is 0.323 e. The Morgan fingerprint density at radius 1 is 1.06 bits per heavy atom. The van der Waals surface area contributed by atoms with E-state index in [9.17, 15) is 9.18 Å². The second kappa shape index (κ2) is 9.64. The van der Waals surface area contributed by atoms with Crippen LogP contribution >= 0.6 is 39.3 Å². The van der Waals surface area contributed by atoms with Crippen LogP contribution in [-0.4, -0.2) is 26.4 Å². The zero-order valence-electron chi connectivity index (χ0n) is 15.9. The van der Waals surface area contributed by atoms with Crippen LogP contribution in [0.2, 0.25) is 5.02 Å². The second-order valence-electron chi connectivity index (χ2n) is 6.45. The van der Waals surface area contributed by atoms with Crippen LogP contribution in [0.4, 0.5) is 10.1 Å². The Bertz CT molecular complexity index is 1220. The van der Waals surface area contributed by atoms with Crippen LogP contribution in [0.15, 0.2) is 82.4 Å². The fourth-order valence-electron chi connectivity index (χ4n) is 2.87. The van der Waals surface area contributed by atoms with Crippen molar-refractivity contribution in [3.63, 3.8) is 0 Å². The lowest BCUT2D eigenvalue weighted by atomic mass is 10.2. The number of hydrogen-bond donors (Lipinski definition) is 1. The minimum absolute atomic E-state index is 0.0377. The van der Waals surface area contributed by atoms with Crippen LogP contribution in [0.3, 0.4) is 0 Å². The standard InChI is InChI=1S/C22H15BrClFN4OS/c23-15-6-11-19(18(25)12-15)26-20(30)13-31-22-28-27-21(14-4-2-1-3-5-14)29(22)17-9-7-16(24)8-10-17/h1-12H,13H2,(H,26,30). The van der Waals surface area contributed by atoms with Crippen molar-refractivity contribution in [2.24, 2.45) is 0 Å². The Labute approximate surface area is 195 Å². The number of benzene rings is 3. The molecule has 0 aliphatic heterocycles. The number of nitrogens with zero attached hydrogens (tertiary/aromatic N) is 3. The minimum atomic E-state index is -0.511. The van der Waals surface area contributed by atoms with E-state index in [0.29, 0.717) is 20.5 Å². The Balaban J connectivity index is 1.58. The molecule has 0 aliphatic carbocycles. The van der Waals surface area contributed by atoms with Crippen LogP contribution in [0.1, 0.15) is 0 Å². The first-order valence-electron chi connectivity index (χ1n) is 9.16. The number of halogens is 3. The van der Waals surface area contributed by atoms with Crippen LogP contribution in [0.25, 0.3) is 17.1 Å². The summed E-state index contributed by atoms with van der Waals surface area (Å²) in [5.41, 5.74) is 1.83. The SMILES string of the molecule is O=C(CSc1nnc(-c2ccccc2)n1-c1ccc(Cl)cc1)Nc1ccc(Br)cc1F. The fraction of sp³-hybridized carbons (Fsp3) is 0.0455. The lowest BCUT2D eigenvalue weighted by molar-refractivity contribution is -0.113. The highest BCUT2D eigenvalue weighted by molar-refractivity contribution is 9.10. The third-order valence-corrected chi connectivity index (χ3v) is 5.96. The summed E-state index contributed by atoms with van der Waals surface area (Å²) < 4.78 is 16.5. The Hall–Kier alpha value is -2.68. The van der Waals surface area contributed by atoms with Gasteiger partial charge in [0.05, 0.1) is 11.4 Å². The molecule has 0 aliphatic rings. The maximum Gasteiger partial charge on any atom is 0.234 e. The number of amides is 1. The Kier molecular flexibility index (Phi) is 6.70. The highest BCUT2D eigenvalue weighted by atomic mass is 79.9. The molecule has 1 aromatic heterocycles. The van der Waals surface area contributed by atoms with Gasteiger partial charge in [-0.05, 0) is 42.5 Å². The fourth-order valence-corrected chi connectivity index (χ4v) is 4.08. The van der Waals surface area contributed by atoms with Gasteiger partial charge in [0.2, 0.25) is 5.91 Å². The average molecular weight is 518 g/mol. The van der Waals surface area contributed by atoms with Gasteiger partial charge in [-0.2, -0.15) is 0 Å². The number of nitrogens with one attached hydrogen (secondary N) is 1. The predicted molar refractivity (Wildman–Crippen MR) is 125 cm³/mol. The van der Waals surface area contributed by atoms with Gasteiger partial charge < -0.3 is 5.32 Å². The van der Waals surface area contributed by atoms with Gasteiger partial charge in [0.25, 0.3) is 0 Å². The van der Waals surface area contributed by atoms with Crippen molar-refractivity contribution >= 4 is 50.9 Å². The molecule has 31 heavy (non-hydrogen) atoms. The molecule has 0 saturated heterocycles. The van der Waals surface area contributed by atoms with Gasteiger partial charge >= 0.3 is 0 Å². The molecule has 5 nitrogen and oxygen atoms in total. The van der Waals surface area contributed by atoms with E-state index in [1.807, 2.05) is 47.0 Å². The molecule has 0 atom stereocenters. The molecular formula is C22H15BrClFN4OS. The molecule has 3 aromatic carbocycles. The van der Waals surface area contributed by atoms with Crippen LogP contribution < -0.4 is 5.32 Å². The molecule has 4 rings (SSSR count). The summed E-state index contributed by atoms with van der Waals surface area (Å²) in [5.74, 6) is -0.179. The van der Waals surface area contributed by atoms with Crippen molar-refractivity contribution in [1.82, 2.24) is 14.8 Å². The van der Waals surface area contributed by atoms with Gasteiger partial charge in [0.15, 0.2) is 11.0 Å². The van der Waals surface area contributed by atoms with Gasteiger partial charge in [0.1, 0.15) is 5.82 Å². The van der Waals surface area contributed by atoms with Crippen molar-refractivity contribution in [3.8, 4) is 17.1 Å². The Morgan fingerprint density at radius 2 is 1.81 bits per heavy atom. The summed E-state index contributed by atoms with van der Waals surface area (Å²) in [5, 5.41) is 12.3. The van der Waals surface area contributed by atoms with Crippen molar-refractivity contribution in [2.75, 3.05) is 11.1 Å². The van der Waals surface area contributed by atoms with Crippen LogP contribution in [0.5, 0.6) is 0 Å². The number of carbonyl (C=O) groups is 1. The number of hydrogen-bond acceptors (Lipinski definition) is 4. The van der Waals surface area contributed by atoms with E-state index in [-0.39, 0.29) is 17.3 Å². The smallest absolute Gasteiger partial charge is 0.234 e. The molecular weight excluding hydrogens is 503 g/mol. The maximum atomic E-state index is 14.0. The number of rotatable bonds is 6. The molecule has 1 N–H and O–H groups in total. The average Bonchev–Trinajstić information content (AvgIpc) is 3.19. The van der Waals surface area contributed by atoms with Crippen molar-refractivity contribution < 1.29 is 9.18 Å². The number of anilines is 1. The second-order valence-corrected chi connectivity index (χ2v) is 8.74. The molecule has 0 spiro atoms. The van der Waals surface area contributed by atoms with E-state index >= 15 is 0 Å². The van der Waals surface area contributed by atoms with Gasteiger partial charge in [-0.15, -0.1) is 10.2 Å². The summed E-state index contributed by atoms with van der Waals surface area (Å²) in [4.78, 5) is 12.4. The maximum absolute atomic E-state index is 14.0. The summed E-state index contributed by atoms with van der Waals surface area (Å²) >= 11 is 10.4. The predicted octanol–water partition coefficient (Wildman–Crippen LogP) is 6.22. The van der Waals surface area contributed by atoms with E-state index in [0.717, 1.165) is 11.3 Å². The molecule has 0 saturated carbocycles. The summed E-state index contributed by atoms with van der Waals surface area (Å²) in [6, 6.07) is 21.4. The van der Waals surface area contributed by atoms with E-state index < -0.39 is 5.82 Å². The summed E-state index contributed by atoms with van der Waals surface area (Å²) in [6.45, 7) is 0. The van der Waals surface area contributed by atoms with Crippen LogP contribution in [0, 0.1) is 5.82 Å². The zero-order chi connectivity index (χ0) is 21.8. The highest BCUT2D eigenvalue weighted by Gasteiger charge is 2.17. The van der Waals surface area contributed by atoms with Crippen LogP contribution in [-0.2, 0) is 4.79 Å². The summed E-state index contributed by atoms with van der Waals surface area (Å²) in [7, 11) is 0. The molecule has 156 valence electrons. The van der Waals surface area contributed by atoms with Gasteiger partial charge in [-0.25, -0.2) is 4.39 Å². The van der Waals surface area contributed by atoms with E-state index in [2.05, 4.69) is 31.4 Å². The summed E-state index contributed by atoms with van der Waals surface area (Å²) in [6.07, 6.45) is 0. The third-order valence-electron chi connectivity index (χ3n) is 4.29. The highest BCUT2D eigenvalue weighted by Crippen LogP contribution is 2.29. The first kappa shape index (κ1) is 21.5. The molecule has 4 aromatic rings. The van der Waals surface area contributed by atoms with E-state index in [1.54, 1.807) is 18.2 Å². The monoisotopic (exact) mass is 516 g/mol. The first-order chi connectivity index (χ1) is 15.0. The van der Waals surface area contributed by atoms with Gasteiger partial charge in [-0.1, -0.05) is 69.6 Å². The van der Waals surface area contributed by atoms with Crippen molar-refractivity contribution in [1.29, 1.82) is 0 Å². The normalized spacial score (nSPS) is 10.8. The van der Waals surface area contributed by atoms with Crippen molar-refractivity contribution in [3.05, 3.63) is 88.1 Å². The van der Waals surface area contributed by atoms with Gasteiger partial charge in [-0.3, -0.25) is 9.36 Å². The number of thioether (sulfide) groups is 1. The molecule has 1 heterocycles.